The molecule has 1 aliphatic carbocycles. The molecule has 108 valence electrons. The van der Waals surface area contributed by atoms with Crippen molar-refractivity contribution < 1.29 is 9.53 Å². The van der Waals surface area contributed by atoms with Gasteiger partial charge in [0.05, 0.1) is 0 Å². The van der Waals surface area contributed by atoms with Crippen LogP contribution in [0.25, 0.3) is 0 Å². The summed E-state index contributed by atoms with van der Waals surface area (Å²) in [7, 11) is 0. The van der Waals surface area contributed by atoms with Crippen LogP contribution in [-0.2, 0) is 22.5 Å². The lowest BCUT2D eigenvalue weighted by molar-refractivity contribution is -0.156. The molecule has 3 heteroatoms. The highest BCUT2D eigenvalue weighted by Gasteiger charge is 2.30. The number of esters is 1. The van der Waals surface area contributed by atoms with Gasteiger partial charge >= 0.3 is 5.97 Å². The standard InChI is InChI=1S/C17H23NO2/c1-12-6-2-5-9-16(12)20-17(19)15-10-13-7-3-4-8-14(13)11-18-15/h3-4,7-8,12,15-16,18H,2,5-6,9-11H2,1H3/t12?,15-,16?/m0/s1. The zero-order valence-corrected chi connectivity index (χ0v) is 12.1. The van der Waals surface area contributed by atoms with Crippen molar-refractivity contribution in [2.75, 3.05) is 0 Å². The van der Waals surface area contributed by atoms with Crippen LogP contribution in [0, 0.1) is 5.92 Å². The smallest absolute Gasteiger partial charge is 0.323 e. The fourth-order valence-corrected chi connectivity index (χ4v) is 3.31. The Morgan fingerprint density at radius 1 is 1.20 bits per heavy atom. The van der Waals surface area contributed by atoms with E-state index >= 15 is 0 Å². The van der Waals surface area contributed by atoms with Crippen LogP contribution in [0.4, 0.5) is 0 Å². The molecule has 2 unspecified atom stereocenters. The third kappa shape index (κ3) is 2.88. The van der Waals surface area contributed by atoms with E-state index in [-0.39, 0.29) is 18.1 Å². The fraction of sp³-hybridized carbons (Fsp3) is 0.588. The maximum absolute atomic E-state index is 12.3. The van der Waals surface area contributed by atoms with Crippen LogP contribution >= 0.6 is 0 Å². The van der Waals surface area contributed by atoms with Crippen LogP contribution < -0.4 is 5.32 Å². The van der Waals surface area contributed by atoms with Gasteiger partial charge in [0, 0.05) is 6.54 Å². The number of hydrogen-bond donors (Lipinski definition) is 1. The summed E-state index contributed by atoms with van der Waals surface area (Å²) in [6.07, 6.45) is 5.52. The van der Waals surface area contributed by atoms with Gasteiger partial charge in [0.2, 0.25) is 0 Å². The number of hydrogen-bond acceptors (Lipinski definition) is 3. The molecule has 0 amide bonds. The minimum atomic E-state index is -0.181. The molecule has 1 aromatic rings. The number of carbonyl (C=O) groups excluding carboxylic acids is 1. The number of ether oxygens (including phenoxy) is 1. The van der Waals surface area contributed by atoms with Crippen molar-refractivity contribution in [3.63, 3.8) is 0 Å². The molecule has 1 heterocycles. The highest BCUT2D eigenvalue weighted by Crippen LogP contribution is 2.27. The molecular formula is C17H23NO2. The first-order valence-electron chi connectivity index (χ1n) is 7.74. The first kappa shape index (κ1) is 13.6. The molecule has 2 aliphatic rings. The molecule has 3 rings (SSSR count). The van der Waals surface area contributed by atoms with Crippen molar-refractivity contribution in [3.05, 3.63) is 35.4 Å². The largest absolute Gasteiger partial charge is 0.461 e. The topological polar surface area (TPSA) is 38.3 Å². The Morgan fingerprint density at radius 3 is 2.75 bits per heavy atom. The molecule has 3 nitrogen and oxygen atoms in total. The average molecular weight is 273 g/mol. The summed E-state index contributed by atoms with van der Waals surface area (Å²) in [6, 6.07) is 8.13. The second-order valence-corrected chi connectivity index (χ2v) is 6.14. The van der Waals surface area contributed by atoms with Crippen molar-refractivity contribution in [1.82, 2.24) is 5.32 Å². The van der Waals surface area contributed by atoms with E-state index in [0.29, 0.717) is 5.92 Å². The van der Waals surface area contributed by atoms with Gasteiger partial charge in [-0.05, 0) is 42.7 Å². The molecule has 0 radical (unpaired) electrons. The Morgan fingerprint density at radius 2 is 1.95 bits per heavy atom. The first-order chi connectivity index (χ1) is 9.74. The number of rotatable bonds is 2. The number of benzene rings is 1. The van der Waals surface area contributed by atoms with Crippen molar-refractivity contribution in [2.24, 2.45) is 5.92 Å². The average Bonchev–Trinajstić information content (AvgIpc) is 2.49. The summed E-state index contributed by atoms with van der Waals surface area (Å²) in [4.78, 5) is 12.3. The van der Waals surface area contributed by atoms with Crippen LogP contribution in [0.2, 0.25) is 0 Å². The minimum absolute atomic E-state index is 0.0711. The molecule has 3 atom stereocenters. The van der Waals surface area contributed by atoms with Crippen molar-refractivity contribution in [2.45, 2.75) is 57.7 Å². The van der Waals surface area contributed by atoms with E-state index in [0.717, 1.165) is 19.4 Å². The van der Waals surface area contributed by atoms with Crippen molar-refractivity contribution in [1.29, 1.82) is 0 Å². The van der Waals surface area contributed by atoms with Crippen molar-refractivity contribution in [3.8, 4) is 0 Å². The zero-order valence-electron chi connectivity index (χ0n) is 12.1. The lowest BCUT2D eigenvalue weighted by Crippen LogP contribution is -2.44. The Kier molecular flexibility index (Phi) is 4.06. The molecule has 1 fully saturated rings. The summed E-state index contributed by atoms with van der Waals surface area (Å²) in [5, 5.41) is 3.30. The number of nitrogens with one attached hydrogen (secondary N) is 1. The Labute approximate surface area is 120 Å². The van der Waals surface area contributed by atoms with Gasteiger partial charge in [-0.15, -0.1) is 0 Å². The minimum Gasteiger partial charge on any atom is -0.461 e. The predicted molar refractivity (Wildman–Crippen MR) is 78.3 cm³/mol. The lowest BCUT2D eigenvalue weighted by atomic mass is 9.88. The summed E-state index contributed by atoms with van der Waals surface area (Å²) < 4.78 is 5.76. The van der Waals surface area contributed by atoms with Gasteiger partial charge in [-0.1, -0.05) is 37.6 Å². The molecule has 1 saturated carbocycles. The van der Waals surface area contributed by atoms with Gasteiger partial charge in [-0.2, -0.15) is 0 Å². The summed E-state index contributed by atoms with van der Waals surface area (Å²) >= 11 is 0. The molecule has 1 aliphatic heterocycles. The summed E-state index contributed by atoms with van der Waals surface area (Å²) in [5.74, 6) is 0.432. The van der Waals surface area contributed by atoms with Gasteiger partial charge in [0.15, 0.2) is 0 Å². The van der Waals surface area contributed by atoms with Gasteiger partial charge in [-0.25, -0.2) is 0 Å². The highest BCUT2D eigenvalue weighted by molar-refractivity contribution is 5.77. The number of fused-ring (bicyclic) bond motifs is 1. The van der Waals surface area contributed by atoms with Gasteiger partial charge in [0.1, 0.15) is 12.1 Å². The van der Waals surface area contributed by atoms with Crippen LogP contribution in [-0.4, -0.2) is 18.1 Å². The summed E-state index contributed by atoms with van der Waals surface area (Å²) in [5.41, 5.74) is 2.56. The van der Waals surface area contributed by atoms with Crippen LogP contribution in [0.3, 0.4) is 0 Å². The Balaban J connectivity index is 1.61. The normalized spacial score (nSPS) is 29.6. The second-order valence-electron chi connectivity index (χ2n) is 6.14. The van der Waals surface area contributed by atoms with Crippen LogP contribution in [0.15, 0.2) is 24.3 Å². The summed E-state index contributed by atoms with van der Waals surface area (Å²) in [6.45, 7) is 2.96. The van der Waals surface area contributed by atoms with E-state index in [1.807, 2.05) is 12.1 Å². The van der Waals surface area contributed by atoms with E-state index in [1.54, 1.807) is 0 Å². The zero-order chi connectivity index (χ0) is 13.9. The second kappa shape index (κ2) is 5.96. The van der Waals surface area contributed by atoms with E-state index in [2.05, 4.69) is 24.4 Å². The quantitative estimate of drug-likeness (QED) is 0.842. The van der Waals surface area contributed by atoms with E-state index < -0.39 is 0 Å². The van der Waals surface area contributed by atoms with E-state index in [4.69, 9.17) is 4.74 Å². The SMILES string of the molecule is CC1CCCCC1OC(=O)[C@@H]1Cc2ccccc2CN1. The Bertz CT molecular complexity index is 486. The van der Waals surface area contributed by atoms with Gasteiger partial charge in [0.25, 0.3) is 0 Å². The van der Waals surface area contributed by atoms with E-state index in [9.17, 15) is 4.79 Å². The van der Waals surface area contributed by atoms with Gasteiger partial charge < -0.3 is 10.1 Å². The molecule has 0 bridgehead atoms. The van der Waals surface area contributed by atoms with Crippen molar-refractivity contribution >= 4 is 5.97 Å². The maximum Gasteiger partial charge on any atom is 0.323 e. The highest BCUT2D eigenvalue weighted by atomic mass is 16.5. The molecule has 0 aromatic heterocycles. The molecule has 1 aromatic carbocycles. The molecule has 20 heavy (non-hydrogen) atoms. The molecular weight excluding hydrogens is 250 g/mol. The molecule has 1 N–H and O–H groups in total. The van der Waals surface area contributed by atoms with Gasteiger partial charge in [-0.3, -0.25) is 4.79 Å². The van der Waals surface area contributed by atoms with Crippen LogP contribution in [0.5, 0.6) is 0 Å². The monoisotopic (exact) mass is 273 g/mol. The fourth-order valence-electron chi connectivity index (χ4n) is 3.31. The number of carbonyl (C=O) groups is 1. The van der Waals surface area contributed by atoms with E-state index in [1.165, 1.54) is 30.4 Å². The molecule has 0 spiro atoms. The first-order valence-corrected chi connectivity index (χ1v) is 7.74. The third-order valence-electron chi connectivity index (χ3n) is 4.67. The maximum atomic E-state index is 12.3. The Hall–Kier alpha value is -1.35. The predicted octanol–water partition coefficient (Wildman–Crippen LogP) is 2.82. The lowest BCUT2D eigenvalue weighted by Gasteiger charge is -2.31. The third-order valence-corrected chi connectivity index (χ3v) is 4.67. The van der Waals surface area contributed by atoms with Crippen LogP contribution in [0.1, 0.15) is 43.7 Å². The molecule has 0 saturated heterocycles.